The van der Waals surface area contributed by atoms with Crippen molar-refractivity contribution in [2.24, 2.45) is 0 Å². The Hall–Kier alpha value is -4.56. The van der Waals surface area contributed by atoms with Crippen molar-refractivity contribution in [2.75, 3.05) is 13.2 Å². The van der Waals surface area contributed by atoms with Gasteiger partial charge in [-0.3, -0.25) is 0 Å². The van der Waals surface area contributed by atoms with Gasteiger partial charge < -0.3 is 14.0 Å². The lowest BCUT2D eigenvalue weighted by Crippen LogP contribution is -2.06. The van der Waals surface area contributed by atoms with Gasteiger partial charge in [-0.05, 0) is 79.4 Å². The zero-order valence-electron chi connectivity index (χ0n) is 25.8. The molecule has 0 unspecified atom stereocenters. The highest BCUT2D eigenvalue weighted by Gasteiger charge is 2.13. The molecule has 5 rings (SSSR count). The van der Waals surface area contributed by atoms with Crippen LogP contribution < -0.4 is 4.74 Å². The van der Waals surface area contributed by atoms with Gasteiger partial charge in [0.1, 0.15) is 5.75 Å². The summed E-state index contributed by atoms with van der Waals surface area (Å²) in [7, 11) is 0. The predicted molar refractivity (Wildman–Crippen MR) is 179 cm³/mol. The van der Waals surface area contributed by atoms with Gasteiger partial charge in [0.25, 0.3) is 0 Å². The third kappa shape index (κ3) is 7.88. The minimum Gasteiger partial charge on any atom is -0.494 e. The molecule has 0 saturated heterocycles. The van der Waals surface area contributed by atoms with Crippen LogP contribution in [0, 0.1) is 11.3 Å². The third-order valence-corrected chi connectivity index (χ3v) is 8.32. The third-order valence-electron chi connectivity index (χ3n) is 8.32. The number of carbonyl (C=O) groups is 1. The number of rotatable bonds is 16. The molecule has 0 radical (unpaired) electrons. The topological polar surface area (TPSA) is 64.2 Å². The van der Waals surface area contributed by atoms with Gasteiger partial charge in [-0.15, -0.1) is 0 Å². The number of nitriles is 1. The molecule has 5 aromatic rings. The average molecular weight is 587 g/mol. The number of para-hydroxylation sites is 1. The van der Waals surface area contributed by atoms with E-state index in [-0.39, 0.29) is 5.97 Å². The molecule has 0 aliphatic rings. The monoisotopic (exact) mass is 586 g/mol. The van der Waals surface area contributed by atoms with Gasteiger partial charge in [0.2, 0.25) is 0 Å². The zero-order chi connectivity index (χ0) is 30.6. The number of nitrogens with zero attached hydrogens (tertiary/aromatic N) is 2. The Bertz CT molecular complexity index is 1690. The summed E-state index contributed by atoms with van der Waals surface area (Å²) in [5.74, 6) is 0.666. The second-order valence-electron chi connectivity index (χ2n) is 11.4. The molecule has 0 N–H and O–H groups in total. The summed E-state index contributed by atoms with van der Waals surface area (Å²) in [5, 5.41) is 11.2. The average Bonchev–Trinajstić information content (AvgIpc) is 3.40. The van der Waals surface area contributed by atoms with Gasteiger partial charge >= 0.3 is 5.97 Å². The van der Waals surface area contributed by atoms with Gasteiger partial charge in [0.05, 0.1) is 30.4 Å². The van der Waals surface area contributed by atoms with Gasteiger partial charge in [-0.25, -0.2) is 4.79 Å². The number of unbranched alkanes of at least 4 members (excludes halogenated alkanes) is 8. The van der Waals surface area contributed by atoms with Gasteiger partial charge in [0.15, 0.2) is 0 Å². The summed E-state index contributed by atoms with van der Waals surface area (Å²) in [6.45, 7) is 4.26. The lowest BCUT2D eigenvalue weighted by Gasteiger charge is -2.08. The van der Waals surface area contributed by atoms with Crippen molar-refractivity contribution in [3.8, 4) is 22.9 Å². The quantitative estimate of drug-likeness (QED) is 0.0852. The van der Waals surface area contributed by atoms with Crippen LogP contribution in [-0.4, -0.2) is 23.8 Å². The number of carbonyl (C=O) groups excluding carboxylic acids is 1. The fourth-order valence-corrected chi connectivity index (χ4v) is 5.88. The molecular formula is C39H42N2O3. The van der Waals surface area contributed by atoms with Crippen molar-refractivity contribution < 1.29 is 14.3 Å². The number of hydrogen-bond acceptors (Lipinski definition) is 4. The Labute approximate surface area is 261 Å². The highest BCUT2D eigenvalue weighted by atomic mass is 16.5. The Morgan fingerprint density at radius 1 is 0.682 bits per heavy atom. The van der Waals surface area contributed by atoms with Crippen LogP contribution in [0.15, 0.2) is 91.0 Å². The minimum absolute atomic E-state index is 0.232. The number of aromatic nitrogens is 1. The largest absolute Gasteiger partial charge is 0.494 e. The Balaban J connectivity index is 0.891. The maximum atomic E-state index is 12.7. The van der Waals surface area contributed by atoms with E-state index in [9.17, 15) is 4.79 Å². The molecule has 0 aliphatic carbocycles. The number of benzene rings is 4. The first-order valence-electron chi connectivity index (χ1n) is 16.1. The van der Waals surface area contributed by atoms with Gasteiger partial charge in [-0.2, -0.15) is 5.26 Å². The SMILES string of the molecule is CCn1c2ccccc2c2cc(C(=O)OCCCCCCCCCCCOc3ccc(-c4ccc(C#N)cc4)cc3)ccc21. The standard InChI is InChI=1S/C39H42N2O3/c1-2-41-37-15-11-10-14-35(37)36-28-33(22-25-38(36)41)39(42)44-27-13-9-7-5-3-4-6-8-12-26-43-34-23-20-32(21-24-34)31-18-16-30(29-40)17-19-31/h10-11,14-25,28H,2-9,12-13,26-27H2,1H3. The normalized spacial score (nSPS) is 11.1. The molecule has 226 valence electrons. The predicted octanol–water partition coefficient (Wildman–Crippen LogP) is 10.1. The van der Waals surface area contributed by atoms with Crippen LogP contribution in [0.3, 0.4) is 0 Å². The second kappa shape index (κ2) is 15.8. The Kier molecular flexibility index (Phi) is 11.1. The minimum atomic E-state index is -0.232. The number of fused-ring (bicyclic) bond motifs is 3. The first kappa shape index (κ1) is 30.9. The summed E-state index contributed by atoms with van der Waals surface area (Å²) < 4.78 is 13.8. The lowest BCUT2D eigenvalue weighted by molar-refractivity contribution is 0.0498. The van der Waals surface area contributed by atoms with Crippen molar-refractivity contribution in [1.82, 2.24) is 4.57 Å². The van der Waals surface area contributed by atoms with E-state index in [1.54, 1.807) is 0 Å². The fraction of sp³-hybridized carbons (Fsp3) is 0.333. The fourth-order valence-electron chi connectivity index (χ4n) is 5.88. The van der Waals surface area contributed by atoms with Crippen LogP contribution in [0.1, 0.15) is 80.6 Å². The highest BCUT2D eigenvalue weighted by Crippen LogP contribution is 2.30. The van der Waals surface area contributed by atoms with Crippen molar-refractivity contribution in [1.29, 1.82) is 5.26 Å². The van der Waals surface area contributed by atoms with Gasteiger partial charge in [0, 0.05) is 28.4 Å². The van der Waals surface area contributed by atoms with Crippen LogP contribution in [0.2, 0.25) is 0 Å². The molecule has 0 aliphatic heterocycles. The molecule has 0 amide bonds. The first-order chi connectivity index (χ1) is 21.7. The Morgan fingerprint density at radius 3 is 1.93 bits per heavy atom. The maximum Gasteiger partial charge on any atom is 0.338 e. The number of esters is 1. The van der Waals surface area contributed by atoms with E-state index in [2.05, 4.69) is 47.9 Å². The number of aryl methyl sites for hydroxylation is 1. The molecule has 0 atom stereocenters. The molecule has 0 spiro atoms. The van der Waals surface area contributed by atoms with E-state index >= 15 is 0 Å². The van der Waals surface area contributed by atoms with Gasteiger partial charge in [-0.1, -0.05) is 87.4 Å². The summed E-state index contributed by atoms with van der Waals surface area (Å²) in [4.78, 5) is 12.7. The number of hydrogen-bond donors (Lipinski definition) is 0. The van der Waals surface area contributed by atoms with E-state index in [1.165, 1.54) is 49.4 Å². The maximum absolute atomic E-state index is 12.7. The van der Waals surface area contributed by atoms with Crippen LogP contribution in [0.4, 0.5) is 0 Å². The molecule has 1 aromatic heterocycles. The molecule has 0 fully saturated rings. The molecule has 0 bridgehead atoms. The van der Waals surface area contributed by atoms with Crippen molar-refractivity contribution in [3.05, 3.63) is 102 Å². The first-order valence-corrected chi connectivity index (χ1v) is 16.1. The molecule has 5 heteroatoms. The molecular weight excluding hydrogens is 544 g/mol. The van der Waals surface area contributed by atoms with Crippen LogP contribution in [-0.2, 0) is 11.3 Å². The molecule has 1 heterocycles. The van der Waals surface area contributed by atoms with Crippen molar-refractivity contribution in [2.45, 2.75) is 71.3 Å². The summed E-state index contributed by atoms with van der Waals surface area (Å²) in [5.41, 5.74) is 5.87. The van der Waals surface area contributed by atoms with Crippen LogP contribution in [0.5, 0.6) is 5.75 Å². The summed E-state index contributed by atoms with van der Waals surface area (Å²) >= 11 is 0. The van der Waals surface area contributed by atoms with Crippen molar-refractivity contribution >= 4 is 27.8 Å². The van der Waals surface area contributed by atoms with Crippen LogP contribution in [0.25, 0.3) is 32.9 Å². The zero-order valence-corrected chi connectivity index (χ0v) is 25.8. The molecule has 0 saturated carbocycles. The van der Waals surface area contributed by atoms with Crippen LogP contribution >= 0.6 is 0 Å². The Morgan fingerprint density at radius 2 is 1.27 bits per heavy atom. The van der Waals surface area contributed by atoms with Crippen molar-refractivity contribution in [3.63, 3.8) is 0 Å². The van der Waals surface area contributed by atoms with E-state index in [0.717, 1.165) is 60.2 Å². The van der Waals surface area contributed by atoms with E-state index < -0.39 is 0 Å². The summed E-state index contributed by atoms with van der Waals surface area (Å²) in [6, 6.07) is 32.2. The smallest absolute Gasteiger partial charge is 0.338 e. The number of ether oxygens (including phenoxy) is 2. The summed E-state index contributed by atoms with van der Waals surface area (Å²) in [6.07, 6.45) is 10.4. The highest BCUT2D eigenvalue weighted by molar-refractivity contribution is 6.10. The molecule has 5 nitrogen and oxygen atoms in total. The molecule has 4 aromatic carbocycles. The van der Waals surface area contributed by atoms with E-state index in [4.69, 9.17) is 14.7 Å². The molecule has 44 heavy (non-hydrogen) atoms. The second-order valence-corrected chi connectivity index (χ2v) is 11.4. The van der Waals surface area contributed by atoms with E-state index in [0.29, 0.717) is 17.7 Å². The lowest BCUT2D eigenvalue weighted by atomic mass is 10.0. The van der Waals surface area contributed by atoms with E-state index in [1.807, 2.05) is 60.7 Å².